The van der Waals surface area contributed by atoms with Gasteiger partial charge in [-0.15, -0.1) is 11.3 Å². The van der Waals surface area contributed by atoms with Gasteiger partial charge in [0.25, 0.3) is 10.0 Å². The quantitative estimate of drug-likeness (QED) is 0.440. The van der Waals surface area contributed by atoms with Crippen molar-refractivity contribution < 1.29 is 24.2 Å². The van der Waals surface area contributed by atoms with Gasteiger partial charge in [-0.3, -0.25) is 14.3 Å². The molecule has 2 aliphatic rings. The largest absolute Gasteiger partial charge is 0.492 e. The first kappa shape index (κ1) is 26.9. The number of aromatic nitrogens is 1. The van der Waals surface area contributed by atoms with E-state index in [2.05, 4.69) is 20.7 Å². The smallest absolute Gasteiger partial charge is 0.263 e. The van der Waals surface area contributed by atoms with E-state index in [1.165, 1.54) is 35.2 Å². The molecule has 0 saturated carbocycles. The number of anilines is 3. The van der Waals surface area contributed by atoms with Gasteiger partial charge in [0.15, 0.2) is 5.13 Å². The zero-order valence-corrected chi connectivity index (χ0v) is 23.5. The van der Waals surface area contributed by atoms with Crippen molar-refractivity contribution in [2.24, 2.45) is 0 Å². The Morgan fingerprint density at radius 1 is 1.18 bits per heavy atom. The molecule has 0 spiro atoms. The van der Waals surface area contributed by atoms with Crippen LogP contribution in [0.1, 0.15) is 27.3 Å². The number of para-hydroxylation sites is 1. The lowest BCUT2D eigenvalue weighted by atomic mass is 9.99. The third kappa shape index (κ3) is 5.57. The van der Waals surface area contributed by atoms with Crippen LogP contribution >= 0.6 is 11.3 Å². The SMILES string of the molecule is CCOc1cccc2c1N([C@H](C)C(=O)N1CCN(c3ccc(S(=O)(=O)Nc4nccs4)cc3)C(=O)C1)CCC2.[HH]. The van der Waals surface area contributed by atoms with Gasteiger partial charge >= 0.3 is 0 Å². The summed E-state index contributed by atoms with van der Waals surface area (Å²) in [6, 6.07) is 11.7. The highest BCUT2D eigenvalue weighted by molar-refractivity contribution is 7.93. The van der Waals surface area contributed by atoms with Crippen molar-refractivity contribution in [2.45, 2.75) is 37.6 Å². The summed E-state index contributed by atoms with van der Waals surface area (Å²) in [5.74, 6) is 0.465. The van der Waals surface area contributed by atoms with Crippen LogP contribution in [0.3, 0.4) is 0 Å². The summed E-state index contributed by atoms with van der Waals surface area (Å²) in [5, 5.41) is 1.97. The van der Waals surface area contributed by atoms with Crippen molar-refractivity contribution >= 4 is 49.7 Å². The topological polar surface area (TPSA) is 112 Å². The molecule has 0 unspecified atom stereocenters. The molecule has 1 fully saturated rings. The number of ether oxygens (including phenoxy) is 1. The minimum atomic E-state index is -3.78. The molecule has 5 rings (SSSR count). The second-order valence-electron chi connectivity index (χ2n) is 9.41. The Labute approximate surface area is 233 Å². The highest BCUT2D eigenvalue weighted by Gasteiger charge is 2.35. The molecule has 2 aromatic carbocycles. The van der Waals surface area contributed by atoms with Gasteiger partial charge in [-0.25, -0.2) is 13.4 Å². The predicted molar refractivity (Wildman–Crippen MR) is 153 cm³/mol. The normalized spacial score (nSPS) is 16.6. The maximum Gasteiger partial charge on any atom is 0.263 e. The molecule has 208 valence electrons. The van der Waals surface area contributed by atoms with Crippen LogP contribution in [0.5, 0.6) is 5.75 Å². The molecular weight excluding hydrogens is 538 g/mol. The molecule has 0 radical (unpaired) electrons. The van der Waals surface area contributed by atoms with Crippen molar-refractivity contribution in [3.05, 3.63) is 59.6 Å². The Balaban J connectivity index is 0.00000370. The van der Waals surface area contributed by atoms with Crippen LogP contribution in [-0.4, -0.2) is 68.9 Å². The average Bonchev–Trinajstić information content (AvgIpc) is 3.44. The van der Waals surface area contributed by atoms with Crippen molar-refractivity contribution in [3.8, 4) is 5.75 Å². The summed E-state index contributed by atoms with van der Waals surface area (Å²) in [4.78, 5) is 36.0. The lowest BCUT2D eigenvalue weighted by Gasteiger charge is -2.40. The third-order valence-electron chi connectivity index (χ3n) is 6.98. The van der Waals surface area contributed by atoms with E-state index in [4.69, 9.17) is 4.74 Å². The molecule has 1 saturated heterocycles. The zero-order chi connectivity index (χ0) is 27.6. The number of thiazole rings is 1. The number of rotatable bonds is 8. The number of nitrogens with one attached hydrogen (secondary N) is 1. The molecule has 2 aliphatic heterocycles. The van der Waals surface area contributed by atoms with E-state index in [0.29, 0.717) is 25.4 Å². The maximum absolute atomic E-state index is 13.5. The van der Waals surface area contributed by atoms with Gasteiger partial charge in [0.1, 0.15) is 18.3 Å². The van der Waals surface area contributed by atoms with Gasteiger partial charge in [0.05, 0.1) is 17.2 Å². The summed E-state index contributed by atoms with van der Waals surface area (Å²) in [6.07, 6.45) is 3.40. The monoisotopic (exact) mass is 571 g/mol. The molecule has 39 heavy (non-hydrogen) atoms. The molecular formula is C27H33N5O5S2. The summed E-state index contributed by atoms with van der Waals surface area (Å²) in [7, 11) is -3.78. The number of aryl methyl sites for hydroxylation is 1. The van der Waals surface area contributed by atoms with Gasteiger partial charge in [0.2, 0.25) is 11.8 Å². The Kier molecular flexibility index (Phi) is 7.76. The van der Waals surface area contributed by atoms with Gasteiger partial charge < -0.3 is 19.4 Å². The van der Waals surface area contributed by atoms with Crippen LogP contribution < -0.4 is 19.3 Å². The van der Waals surface area contributed by atoms with Crippen LogP contribution in [0.2, 0.25) is 0 Å². The standard InChI is InChI=1S/C27H31N5O5S2.H2/c1-3-37-23-8-4-6-20-7-5-14-31(25(20)23)19(2)26(34)30-15-16-32(24(33)18-30)21-9-11-22(12-10-21)39(35,36)29-27-28-13-17-38-27;/h4,6,8-13,17,19H,3,5,7,14-16,18H2,1-2H3,(H,28,29);1H/t19-;/m1./s1. The first-order valence-corrected chi connectivity index (χ1v) is 15.3. The predicted octanol–water partition coefficient (Wildman–Crippen LogP) is 3.61. The molecule has 10 nitrogen and oxygen atoms in total. The summed E-state index contributed by atoms with van der Waals surface area (Å²) >= 11 is 1.19. The van der Waals surface area contributed by atoms with Crippen LogP contribution in [-0.2, 0) is 26.0 Å². The Morgan fingerprint density at radius 3 is 2.67 bits per heavy atom. The van der Waals surface area contributed by atoms with E-state index >= 15 is 0 Å². The number of nitrogens with zero attached hydrogens (tertiary/aromatic N) is 4. The molecule has 1 N–H and O–H groups in total. The van der Waals surface area contributed by atoms with Crippen LogP contribution in [0, 0.1) is 0 Å². The number of sulfonamides is 1. The second-order valence-corrected chi connectivity index (χ2v) is 12.0. The Bertz CT molecular complexity index is 1450. The number of hydrogen-bond acceptors (Lipinski definition) is 8. The number of hydrogen-bond donors (Lipinski definition) is 1. The molecule has 1 aromatic heterocycles. The van der Waals surface area contributed by atoms with Crippen molar-refractivity contribution in [2.75, 3.05) is 47.3 Å². The highest BCUT2D eigenvalue weighted by atomic mass is 32.2. The number of carbonyl (C=O) groups excluding carboxylic acids is 2. The fourth-order valence-corrected chi connectivity index (χ4v) is 6.88. The van der Waals surface area contributed by atoms with Crippen molar-refractivity contribution in [3.63, 3.8) is 0 Å². The van der Waals surface area contributed by atoms with Gasteiger partial charge in [-0.2, -0.15) is 0 Å². The molecule has 3 aromatic rings. The summed E-state index contributed by atoms with van der Waals surface area (Å²) in [5.41, 5.74) is 2.72. The number of piperazine rings is 1. The number of amides is 2. The van der Waals surface area contributed by atoms with E-state index in [1.54, 1.807) is 27.3 Å². The number of carbonyl (C=O) groups is 2. The maximum atomic E-state index is 13.5. The zero-order valence-electron chi connectivity index (χ0n) is 21.9. The molecule has 2 amide bonds. The van der Waals surface area contributed by atoms with Gasteiger partial charge in [0, 0.05) is 38.3 Å². The number of fused-ring (bicyclic) bond motifs is 1. The first-order chi connectivity index (χ1) is 18.8. The van der Waals surface area contributed by atoms with Crippen LogP contribution in [0.4, 0.5) is 16.5 Å². The van der Waals surface area contributed by atoms with Gasteiger partial charge in [-0.05, 0) is 62.6 Å². The molecule has 1 atom stereocenters. The molecule has 0 aliphatic carbocycles. The van der Waals surface area contributed by atoms with Crippen LogP contribution in [0.15, 0.2) is 58.9 Å². The van der Waals surface area contributed by atoms with E-state index in [0.717, 1.165) is 30.8 Å². The molecule has 0 bridgehead atoms. The van der Waals surface area contributed by atoms with Crippen molar-refractivity contribution in [1.29, 1.82) is 0 Å². The summed E-state index contributed by atoms with van der Waals surface area (Å²) < 4.78 is 33.5. The molecule has 12 heteroatoms. The van der Waals surface area contributed by atoms with Crippen molar-refractivity contribution in [1.82, 2.24) is 9.88 Å². The fraction of sp³-hybridized carbons (Fsp3) is 0.370. The lowest BCUT2D eigenvalue weighted by Crippen LogP contribution is -2.57. The van der Waals surface area contributed by atoms with Crippen LogP contribution in [0.25, 0.3) is 0 Å². The highest BCUT2D eigenvalue weighted by Crippen LogP contribution is 2.38. The van der Waals surface area contributed by atoms with E-state index in [9.17, 15) is 18.0 Å². The molecule has 3 heterocycles. The average molecular weight is 572 g/mol. The third-order valence-corrected chi connectivity index (χ3v) is 9.16. The number of benzene rings is 2. The minimum absolute atomic E-state index is 0. The lowest BCUT2D eigenvalue weighted by molar-refractivity contribution is -0.137. The summed E-state index contributed by atoms with van der Waals surface area (Å²) in [6.45, 7) is 5.77. The minimum Gasteiger partial charge on any atom is -0.492 e. The Morgan fingerprint density at radius 2 is 1.97 bits per heavy atom. The van der Waals surface area contributed by atoms with E-state index in [1.807, 2.05) is 26.0 Å². The first-order valence-electron chi connectivity index (χ1n) is 12.9. The van der Waals surface area contributed by atoms with E-state index in [-0.39, 0.29) is 29.8 Å². The van der Waals surface area contributed by atoms with E-state index < -0.39 is 16.1 Å². The Hall–Kier alpha value is -3.64. The van der Waals surface area contributed by atoms with Gasteiger partial charge in [-0.1, -0.05) is 12.1 Å². The second kappa shape index (κ2) is 11.2. The fourth-order valence-electron chi connectivity index (χ4n) is 5.09.